The van der Waals surface area contributed by atoms with Crippen molar-refractivity contribution in [2.24, 2.45) is 0 Å². The van der Waals surface area contributed by atoms with Gasteiger partial charge in [-0.25, -0.2) is 0 Å². The number of methoxy groups -OCH3 is 1. The van der Waals surface area contributed by atoms with Crippen molar-refractivity contribution in [3.05, 3.63) is 52.5 Å². The third-order valence-corrected chi connectivity index (χ3v) is 6.13. The maximum Gasteiger partial charge on any atom is 0.262 e. The van der Waals surface area contributed by atoms with Crippen molar-refractivity contribution in [1.82, 2.24) is 10.2 Å². The summed E-state index contributed by atoms with van der Waals surface area (Å²) in [5.41, 5.74) is 2.46. The van der Waals surface area contributed by atoms with Crippen molar-refractivity contribution in [2.75, 3.05) is 38.8 Å². The molecule has 8 heteroatoms. The molecule has 31 heavy (non-hydrogen) atoms. The highest BCUT2D eigenvalue weighted by Crippen LogP contribution is 2.44. The van der Waals surface area contributed by atoms with Crippen LogP contribution in [0.4, 0.5) is 5.69 Å². The molecule has 2 atom stereocenters. The lowest BCUT2D eigenvalue weighted by Gasteiger charge is -2.44. The largest absolute Gasteiger partial charge is 0.466 e. The third-order valence-electron chi connectivity index (χ3n) is 6.13. The average molecular weight is 425 g/mol. The van der Waals surface area contributed by atoms with E-state index in [4.69, 9.17) is 9.15 Å². The Labute approximate surface area is 181 Å². The zero-order chi connectivity index (χ0) is 22.3. The number of ether oxygens (including phenoxy) is 1. The van der Waals surface area contributed by atoms with Gasteiger partial charge in [0.05, 0.1) is 12.2 Å². The molecule has 4 rings (SSSR count). The molecule has 0 aliphatic carbocycles. The van der Waals surface area contributed by atoms with Gasteiger partial charge in [-0.1, -0.05) is 6.07 Å². The molecule has 1 aromatic heterocycles. The first-order valence-electron chi connectivity index (χ1n) is 10.4. The van der Waals surface area contributed by atoms with E-state index in [2.05, 4.69) is 5.32 Å². The van der Waals surface area contributed by atoms with Crippen molar-refractivity contribution >= 4 is 23.4 Å². The van der Waals surface area contributed by atoms with Crippen LogP contribution in [0.3, 0.4) is 0 Å². The van der Waals surface area contributed by atoms with E-state index in [1.54, 1.807) is 51.1 Å². The predicted molar refractivity (Wildman–Crippen MR) is 114 cm³/mol. The van der Waals surface area contributed by atoms with Gasteiger partial charge >= 0.3 is 0 Å². The maximum atomic E-state index is 13.6. The van der Waals surface area contributed by atoms with Crippen LogP contribution in [0.1, 0.15) is 50.1 Å². The quantitative estimate of drug-likeness (QED) is 0.793. The van der Waals surface area contributed by atoms with E-state index in [0.717, 1.165) is 5.56 Å². The van der Waals surface area contributed by atoms with Crippen LogP contribution in [-0.2, 0) is 9.53 Å². The molecule has 164 valence electrons. The van der Waals surface area contributed by atoms with Gasteiger partial charge in [0.25, 0.3) is 11.8 Å². The Balaban J connectivity index is 1.83. The summed E-state index contributed by atoms with van der Waals surface area (Å²) in [5.74, 6) is 0.482. The highest BCUT2D eigenvalue weighted by atomic mass is 16.5. The van der Waals surface area contributed by atoms with Crippen molar-refractivity contribution in [3.8, 4) is 0 Å². The summed E-state index contributed by atoms with van der Waals surface area (Å²) in [6, 6.07) is 6.39. The van der Waals surface area contributed by atoms with Crippen molar-refractivity contribution in [1.29, 1.82) is 0 Å². The Kier molecular flexibility index (Phi) is 5.58. The van der Waals surface area contributed by atoms with Crippen LogP contribution in [0, 0.1) is 13.8 Å². The smallest absolute Gasteiger partial charge is 0.262 e. The number of nitrogens with zero attached hydrogens (tertiary/aromatic N) is 2. The molecule has 2 aliphatic rings. The number of rotatable bonds is 5. The first kappa shape index (κ1) is 21.1. The first-order valence-corrected chi connectivity index (χ1v) is 10.4. The number of furan rings is 1. The van der Waals surface area contributed by atoms with Gasteiger partial charge in [0.2, 0.25) is 5.91 Å². The summed E-state index contributed by atoms with van der Waals surface area (Å²) >= 11 is 0. The number of hydrogen-bond acceptors (Lipinski definition) is 5. The zero-order valence-corrected chi connectivity index (χ0v) is 18.2. The number of benzene rings is 1. The van der Waals surface area contributed by atoms with Crippen LogP contribution >= 0.6 is 0 Å². The van der Waals surface area contributed by atoms with E-state index in [9.17, 15) is 14.4 Å². The van der Waals surface area contributed by atoms with Crippen molar-refractivity contribution in [3.63, 3.8) is 0 Å². The molecule has 0 saturated carbocycles. The molecule has 3 amide bonds. The zero-order valence-electron chi connectivity index (χ0n) is 18.2. The van der Waals surface area contributed by atoms with Crippen LogP contribution in [0.15, 0.2) is 28.7 Å². The Morgan fingerprint density at radius 3 is 2.71 bits per heavy atom. The third kappa shape index (κ3) is 3.50. The van der Waals surface area contributed by atoms with Gasteiger partial charge < -0.3 is 19.4 Å². The SMILES string of the molecule is CNC(=O)[C@@H]1C[C@H]2CN(CCOC)C(=O)c3cccc(c32)N1C(=O)c1cc(C)oc1C. The molecule has 0 fully saturated rings. The summed E-state index contributed by atoms with van der Waals surface area (Å²) in [6.45, 7) is 4.93. The molecule has 0 unspecified atom stereocenters. The second kappa shape index (κ2) is 8.19. The Hall–Kier alpha value is -3.13. The molecule has 0 radical (unpaired) electrons. The van der Waals surface area contributed by atoms with E-state index in [1.807, 2.05) is 6.07 Å². The Morgan fingerprint density at radius 2 is 2.06 bits per heavy atom. The number of carbonyl (C=O) groups excluding carboxylic acids is 3. The van der Waals surface area contributed by atoms with Gasteiger partial charge in [0, 0.05) is 44.4 Å². The van der Waals surface area contributed by atoms with E-state index in [0.29, 0.717) is 54.5 Å². The number of anilines is 1. The normalized spacial score (nSPS) is 19.9. The molecule has 0 spiro atoms. The van der Waals surface area contributed by atoms with Gasteiger partial charge in [0.15, 0.2) is 0 Å². The van der Waals surface area contributed by atoms with Crippen LogP contribution in [0.5, 0.6) is 0 Å². The maximum absolute atomic E-state index is 13.6. The fraction of sp³-hybridized carbons (Fsp3) is 0.435. The second-order valence-electron chi connectivity index (χ2n) is 8.05. The van der Waals surface area contributed by atoms with Gasteiger partial charge in [-0.15, -0.1) is 0 Å². The number of amides is 3. The molecule has 1 aromatic carbocycles. The van der Waals surface area contributed by atoms with Gasteiger partial charge in [-0.3, -0.25) is 19.3 Å². The summed E-state index contributed by atoms with van der Waals surface area (Å²) in [7, 11) is 3.17. The van der Waals surface area contributed by atoms with Crippen LogP contribution < -0.4 is 10.2 Å². The molecule has 2 aromatic rings. The number of aryl methyl sites for hydroxylation is 2. The predicted octanol–water partition coefficient (Wildman–Crippen LogP) is 2.25. The number of carbonyl (C=O) groups is 3. The molecule has 1 N–H and O–H groups in total. The number of hydrogen-bond donors (Lipinski definition) is 1. The summed E-state index contributed by atoms with van der Waals surface area (Å²) in [4.78, 5) is 42.9. The molecule has 8 nitrogen and oxygen atoms in total. The van der Waals surface area contributed by atoms with E-state index < -0.39 is 6.04 Å². The first-order chi connectivity index (χ1) is 14.9. The number of likely N-dealkylation sites (N-methyl/N-ethyl adjacent to an activating group) is 1. The molecule has 2 aliphatic heterocycles. The number of nitrogens with one attached hydrogen (secondary N) is 1. The highest BCUT2D eigenvalue weighted by molar-refractivity contribution is 6.12. The topological polar surface area (TPSA) is 92.1 Å². The minimum absolute atomic E-state index is 0.0423. The van der Waals surface area contributed by atoms with Crippen LogP contribution in [0.2, 0.25) is 0 Å². The second-order valence-corrected chi connectivity index (χ2v) is 8.05. The lowest BCUT2D eigenvalue weighted by atomic mass is 9.79. The van der Waals surface area contributed by atoms with Gasteiger partial charge in [-0.2, -0.15) is 0 Å². The fourth-order valence-corrected chi connectivity index (χ4v) is 4.73. The summed E-state index contributed by atoms with van der Waals surface area (Å²) in [5, 5.41) is 2.70. The Morgan fingerprint density at radius 1 is 1.29 bits per heavy atom. The van der Waals surface area contributed by atoms with Crippen molar-refractivity contribution < 1.29 is 23.5 Å². The van der Waals surface area contributed by atoms with Crippen molar-refractivity contribution in [2.45, 2.75) is 32.2 Å². The van der Waals surface area contributed by atoms with E-state index in [1.165, 1.54) is 4.90 Å². The Bertz CT molecular complexity index is 1040. The average Bonchev–Trinajstić information content (AvgIpc) is 3.11. The monoisotopic (exact) mass is 425 g/mol. The van der Waals surface area contributed by atoms with Gasteiger partial charge in [0.1, 0.15) is 17.6 Å². The van der Waals surface area contributed by atoms with Crippen LogP contribution in [-0.4, -0.2) is 62.5 Å². The molecule has 0 bridgehead atoms. The van der Waals surface area contributed by atoms with E-state index in [-0.39, 0.29) is 23.6 Å². The molecular weight excluding hydrogens is 398 g/mol. The summed E-state index contributed by atoms with van der Waals surface area (Å²) < 4.78 is 10.7. The highest BCUT2D eigenvalue weighted by Gasteiger charge is 2.45. The molecule has 3 heterocycles. The molecule has 0 saturated heterocycles. The standard InChI is InChI=1S/C23H27N3O5/c1-13-10-17(14(2)31-13)23(29)26-18-7-5-6-16-20(18)15(11-19(26)21(27)24-3)12-25(22(16)28)8-9-30-4/h5-7,10,15,19H,8-9,11-12H2,1-4H3,(H,24,27)/t15-,19-/m0/s1. The van der Waals surface area contributed by atoms with E-state index >= 15 is 0 Å². The lowest BCUT2D eigenvalue weighted by molar-refractivity contribution is -0.122. The van der Waals surface area contributed by atoms with Crippen LogP contribution in [0.25, 0.3) is 0 Å². The molecular formula is C23H27N3O5. The minimum Gasteiger partial charge on any atom is -0.466 e. The summed E-state index contributed by atoms with van der Waals surface area (Å²) in [6.07, 6.45) is 0.433. The lowest BCUT2D eigenvalue weighted by Crippen LogP contribution is -2.55. The fourth-order valence-electron chi connectivity index (χ4n) is 4.73. The minimum atomic E-state index is -0.683. The van der Waals surface area contributed by atoms with Gasteiger partial charge in [-0.05, 0) is 44.0 Å².